The van der Waals surface area contributed by atoms with Crippen molar-refractivity contribution in [1.29, 1.82) is 0 Å². The van der Waals surface area contributed by atoms with Crippen LogP contribution < -0.4 is 10.1 Å². The summed E-state index contributed by atoms with van der Waals surface area (Å²) in [5, 5.41) is 11.2. The van der Waals surface area contributed by atoms with E-state index >= 15 is 0 Å². The Morgan fingerprint density at radius 3 is 2.79 bits per heavy atom. The summed E-state index contributed by atoms with van der Waals surface area (Å²) in [6.45, 7) is 2.63. The van der Waals surface area contributed by atoms with Gasteiger partial charge < -0.3 is 14.6 Å². The van der Waals surface area contributed by atoms with Crippen molar-refractivity contribution in [2.75, 3.05) is 11.9 Å². The molecule has 0 bridgehead atoms. The Morgan fingerprint density at radius 1 is 1.14 bits per heavy atom. The Balaban J connectivity index is 1.48. The summed E-state index contributed by atoms with van der Waals surface area (Å²) in [6.07, 6.45) is 4.06. The Bertz CT molecular complexity index is 1010. The molecule has 150 valence electrons. The summed E-state index contributed by atoms with van der Waals surface area (Å²) < 4.78 is 22.0. The maximum atomic E-state index is 14.5. The monoisotopic (exact) mass is 394 g/mol. The molecule has 2 aromatic carbocycles. The van der Waals surface area contributed by atoms with E-state index < -0.39 is 5.82 Å². The van der Waals surface area contributed by atoms with E-state index in [4.69, 9.17) is 4.74 Å². The lowest BCUT2D eigenvalue weighted by Gasteiger charge is -2.11. The van der Waals surface area contributed by atoms with Crippen LogP contribution in [0.1, 0.15) is 30.7 Å². The Hall–Kier alpha value is -3.22. The van der Waals surface area contributed by atoms with Crippen LogP contribution in [0.3, 0.4) is 0 Å². The van der Waals surface area contributed by atoms with Gasteiger partial charge in [0, 0.05) is 18.7 Å². The van der Waals surface area contributed by atoms with Crippen molar-refractivity contribution in [3.8, 4) is 17.1 Å². The summed E-state index contributed by atoms with van der Waals surface area (Å²) in [5.74, 6) is 1.31. The zero-order valence-electron chi connectivity index (χ0n) is 16.3. The van der Waals surface area contributed by atoms with Crippen LogP contribution in [0, 0.1) is 12.7 Å². The fourth-order valence-corrected chi connectivity index (χ4v) is 3.44. The van der Waals surface area contributed by atoms with E-state index in [1.54, 1.807) is 6.07 Å². The summed E-state index contributed by atoms with van der Waals surface area (Å²) in [5.41, 5.74) is 1.94. The van der Waals surface area contributed by atoms with Crippen LogP contribution in [-0.4, -0.2) is 27.3 Å². The number of aryl methyl sites for hydroxylation is 2. The average Bonchev–Trinajstić information content (AvgIpc) is 2.96. The number of nitrogens with zero attached hydrogens (tertiary/aromatic N) is 3. The fraction of sp³-hybridized carbons (Fsp3) is 0.318. The lowest BCUT2D eigenvalue weighted by atomic mass is 10.1. The van der Waals surface area contributed by atoms with Crippen molar-refractivity contribution in [2.24, 2.45) is 0 Å². The molecule has 0 aliphatic carbocycles. The Morgan fingerprint density at radius 2 is 1.97 bits per heavy atom. The molecule has 1 aromatic heterocycles. The second-order valence-corrected chi connectivity index (χ2v) is 7.25. The molecule has 0 fully saturated rings. The van der Waals surface area contributed by atoms with Gasteiger partial charge in [-0.3, -0.25) is 4.79 Å². The standard InChI is InChI=1S/C22H23FN4O2/c1-15-6-9-17(10-7-15)29-14-21(28)24-16-8-11-19(23)18(13-16)22-26-25-20-5-3-2-4-12-27(20)22/h6-11,13H,2-5,12,14H2,1H3,(H,24,28). The molecule has 1 aliphatic heterocycles. The van der Waals surface area contributed by atoms with Gasteiger partial charge in [0.15, 0.2) is 12.4 Å². The van der Waals surface area contributed by atoms with Crippen molar-refractivity contribution < 1.29 is 13.9 Å². The van der Waals surface area contributed by atoms with Crippen molar-refractivity contribution in [1.82, 2.24) is 14.8 Å². The highest BCUT2D eigenvalue weighted by Gasteiger charge is 2.19. The molecule has 0 unspecified atom stereocenters. The summed E-state index contributed by atoms with van der Waals surface area (Å²) in [6, 6.07) is 11.9. The Kier molecular flexibility index (Phi) is 5.55. The quantitative estimate of drug-likeness (QED) is 0.706. The molecule has 3 aromatic rings. The number of rotatable bonds is 5. The molecule has 0 atom stereocenters. The van der Waals surface area contributed by atoms with E-state index in [-0.39, 0.29) is 12.5 Å². The van der Waals surface area contributed by atoms with Crippen LogP contribution >= 0.6 is 0 Å². The predicted octanol–water partition coefficient (Wildman–Crippen LogP) is 4.14. The van der Waals surface area contributed by atoms with E-state index in [1.165, 1.54) is 12.1 Å². The third-order valence-electron chi connectivity index (χ3n) is 4.99. The van der Waals surface area contributed by atoms with Crippen LogP contribution in [0.5, 0.6) is 5.75 Å². The second kappa shape index (κ2) is 8.43. The highest BCUT2D eigenvalue weighted by Crippen LogP contribution is 2.27. The minimum absolute atomic E-state index is 0.129. The van der Waals surface area contributed by atoms with Gasteiger partial charge in [-0.05, 0) is 50.1 Å². The first-order valence-electron chi connectivity index (χ1n) is 9.81. The van der Waals surface area contributed by atoms with E-state index in [2.05, 4.69) is 15.5 Å². The Labute approximate surface area is 168 Å². The number of benzene rings is 2. The molecule has 7 heteroatoms. The van der Waals surface area contributed by atoms with Crippen LogP contribution in [-0.2, 0) is 17.8 Å². The third-order valence-corrected chi connectivity index (χ3v) is 4.99. The summed E-state index contributed by atoms with van der Waals surface area (Å²) in [4.78, 5) is 12.3. The minimum Gasteiger partial charge on any atom is -0.484 e. The molecule has 0 radical (unpaired) electrons. The van der Waals surface area contributed by atoms with E-state index in [0.717, 1.165) is 43.6 Å². The molecule has 4 rings (SSSR count). The summed E-state index contributed by atoms with van der Waals surface area (Å²) in [7, 11) is 0. The number of amides is 1. The molecule has 0 saturated heterocycles. The van der Waals surface area contributed by atoms with E-state index in [1.807, 2.05) is 35.8 Å². The van der Waals surface area contributed by atoms with Gasteiger partial charge in [-0.2, -0.15) is 0 Å². The largest absolute Gasteiger partial charge is 0.484 e. The van der Waals surface area contributed by atoms with Crippen LogP contribution in [0.2, 0.25) is 0 Å². The third kappa shape index (κ3) is 4.45. The smallest absolute Gasteiger partial charge is 0.262 e. The molecule has 0 saturated carbocycles. The van der Waals surface area contributed by atoms with Crippen molar-refractivity contribution in [2.45, 2.75) is 39.2 Å². The fourth-order valence-electron chi connectivity index (χ4n) is 3.44. The molecule has 1 aliphatic rings. The number of hydrogen-bond acceptors (Lipinski definition) is 4. The maximum Gasteiger partial charge on any atom is 0.262 e. The predicted molar refractivity (Wildman–Crippen MR) is 108 cm³/mol. The number of nitrogens with one attached hydrogen (secondary N) is 1. The summed E-state index contributed by atoms with van der Waals surface area (Å²) >= 11 is 0. The SMILES string of the molecule is Cc1ccc(OCC(=O)Nc2ccc(F)c(-c3nnc4n3CCCCC4)c2)cc1. The lowest BCUT2D eigenvalue weighted by molar-refractivity contribution is -0.118. The minimum atomic E-state index is -0.390. The first kappa shape index (κ1) is 19.1. The molecule has 1 N–H and O–H groups in total. The van der Waals surface area contributed by atoms with E-state index in [0.29, 0.717) is 22.8 Å². The van der Waals surface area contributed by atoms with Gasteiger partial charge >= 0.3 is 0 Å². The van der Waals surface area contributed by atoms with Crippen LogP contribution in [0.4, 0.5) is 10.1 Å². The molecule has 0 spiro atoms. The number of aromatic nitrogens is 3. The zero-order valence-corrected chi connectivity index (χ0v) is 16.3. The van der Waals surface area contributed by atoms with E-state index in [9.17, 15) is 9.18 Å². The van der Waals surface area contributed by atoms with Crippen LogP contribution in [0.15, 0.2) is 42.5 Å². The highest BCUT2D eigenvalue weighted by molar-refractivity contribution is 5.92. The lowest BCUT2D eigenvalue weighted by Crippen LogP contribution is -2.20. The van der Waals surface area contributed by atoms with Crippen molar-refractivity contribution >= 4 is 11.6 Å². The van der Waals surface area contributed by atoms with Gasteiger partial charge in [0.05, 0.1) is 5.56 Å². The van der Waals surface area contributed by atoms with Crippen molar-refractivity contribution in [3.05, 3.63) is 59.7 Å². The van der Waals surface area contributed by atoms with Crippen molar-refractivity contribution in [3.63, 3.8) is 0 Å². The van der Waals surface area contributed by atoms with Gasteiger partial charge in [0.25, 0.3) is 5.91 Å². The normalized spacial score (nSPS) is 13.4. The molecular formula is C22H23FN4O2. The molecular weight excluding hydrogens is 371 g/mol. The topological polar surface area (TPSA) is 69.0 Å². The number of fused-ring (bicyclic) bond motifs is 1. The maximum absolute atomic E-state index is 14.5. The number of hydrogen-bond donors (Lipinski definition) is 1. The van der Waals surface area contributed by atoms with Gasteiger partial charge in [-0.1, -0.05) is 24.1 Å². The second-order valence-electron chi connectivity index (χ2n) is 7.25. The van der Waals surface area contributed by atoms with Gasteiger partial charge in [-0.25, -0.2) is 4.39 Å². The van der Waals surface area contributed by atoms with Crippen LogP contribution in [0.25, 0.3) is 11.4 Å². The zero-order chi connectivity index (χ0) is 20.2. The average molecular weight is 394 g/mol. The number of ether oxygens (including phenoxy) is 1. The van der Waals surface area contributed by atoms with Gasteiger partial charge in [-0.15, -0.1) is 10.2 Å². The first-order valence-corrected chi connectivity index (χ1v) is 9.81. The number of halogens is 1. The molecule has 2 heterocycles. The molecule has 6 nitrogen and oxygen atoms in total. The number of carbonyl (C=O) groups excluding carboxylic acids is 1. The van der Waals surface area contributed by atoms with Gasteiger partial charge in [0.1, 0.15) is 17.4 Å². The first-order chi connectivity index (χ1) is 14.1. The highest BCUT2D eigenvalue weighted by atomic mass is 19.1. The molecule has 1 amide bonds. The van der Waals surface area contributed by atoms with Gasteiger partial charge in [0.2, 0.25) is 0 Å². The number of carbonyl (C=O) groups is 1. The molecule has 29 heavy (non-hydrogen) atoms. The number of anilines is 1.